The molecule has 0 aliphatic carbocycles. The molecule has 2 heterocycles. The Morgan fingerprint density at radius 1 is 1.11 bits per heavy atom. The zero-order chi connectivity index (χ0) is 19.0. The van der Waals surface area contributed by atoms with Gasteiger partial charge in [-0.15, -0.1) is 0 Å². The van der Waals surface area contributed by atoms with Gasteiger partial charge in [0.25, 0.3) is 5.91 Å². The summed E-state index contributed by atoms with van der Waals surface area (Å²) >= 11 is 3.51. The van der Waals surface area contributed by atoms with Gasteiger partial charge < -0.3 is 14.4 Å². The maximum Gasteiger partial charge on any atom is 0.290 e. The Balaban J connectivity index is 1.84. The van der Waals surface area contributed by atoms with E-state index in [1.165, 1.54) is 0 Å². The molecule has 0 radical (unpaired) electrons. The second kappa shape index (κ2) is 7.08. The molecule has 1 atom stereocenters. The van der Waals surface area contributed by atoms with Crippen LogP contribution >= 0.6 is 15.9 Å². The predicted octanol–water partition coefficient (Wildman–Crippen LogP) is 5.40. The van der Waals surface area contributed by atoms with Gasteiger partial charge >= 0.3 is 0 Å². The highest BCUT2D eigenvalue weighted by Gasteiger charge is 2.41. The molecule has 0 saturated heterocycles. The fraction of sp³-hybridized carbons (Fsp3) is 0.136. The lowest BCUT2D eigenvalue weighted by atomic mass is 9.93. The summed E-state index contributed by atoms with van der Waals surface area (Å²) in [6, 6.07) is 18.9. The summed E-state index contributed by atoms with van der Waals surface area (Å²) in [4.78, 5) is 14.6. The van der Waals surface area contributed by atoms with Crippen LogP contribution in [0.1, 0.15) is 28.5 Å². The average molecular weight is 424 g/mol. The minimum absolute atomic E-state index is 0.213. The van der Waals surface area contributed by atoms with Gasteiger partial charge in [-0.3, -0.25) is 4.79 Å². The maximum absolute atomic E-state index is 12.9. The molecule has 1 unspecified atom stereocenters. The third kappa shape index (κ3) is 3.30. The number of aliphatic hydroxyl groups excluding tert-OH is 1. The van der Waals surface area contributed by atoms with Crippen LogP contribution in [0.2, 0.25) is 0 Å². The monoisotopic (exact) mass is 423 g/mol. The van der Waals surface area contributed by atoms with Crippen LogP contribution in [0, 0.1) is 6.92 Å². The summed E-state index contributed by atoms with van der Waals surface area (Å²) in [6.07, 6.45) is 1.58. The minimum atomic E-state index is -0.400. The van der Waals surface area contributed by atoms with E-state index in [4.69, 9.17) is 4.42 Å². The largest absolute Gasteiger partial charge is 0.503 e. The van der Waals surface area contributed by atoms with E-state index in [0.717, 1.165) is 21.2 Å². The highest BCUT2D eigenvalue weighted by molar-refractivity contribution is 9.10. The molecule has 1 aromatic heterocycles. The van der Waals surface area contributed by atoms with Crippen molar-refractivity contribution in [1.82, 2.24) is 4.90 Å². The highest BCUT2D eigenvalue weighted by Crippen LogP contribution is 2.44. The first-order chi connectivity index (χ1) is 13.0. The van der Waals surface area contributed by atoms with Crippen molar-refractivity contribution in [3.05, 3.63) is 99.6 Å². The smallest absolute Gasteiger partial charge is 0.290 e. The van der Waals surface area contributed by atoms with E-state index in [9.17, 15) is 9.90 Å². The quantitative estimate of drug-likeness (QED) is 0.610. The van der Waals surface area contributed by atoms with Crippen LogP contribution in [0.25, 0.3) is 5.57 Å². The number of rotatable bonds is 4. The van der Waals surface area contributed by atoms with Gasteiger partial charge in [0.1, 0.15) is 5.76 Å². The average Bonchev–Trinajstić information content (AvgIpc) is 3.25. The van der Waals surface area contributed by atoms with Crippen molar-refractivity contribution in [2.45, 2.75) is 19.5 Å². The number of carbonyl (C=O) groups is 1. The summed E-state index contributed by atoms with van der Waals surface area (Å²) in [5.41, 5.74) is 3.49. The van der Waals surface area contributed by atoms with Crippen molar-refractivity contribution in [2.75, 3.05) is 0 Å². The van der Waals surface area contributed by atoms with Gasteiger partial charge in [0.2, 0.25) is 0 Å². The summed E-state index contributed by atoms with van der Waals surface area (Å²) in [5.74, 6) is 0.0589. The van der Waals surface area contributed by atoms with E-state index in [2.05, 4.69) is 15.9 Å². The van der Waals surface area contributed by atoms with Crippen LogP contribution in [0.5, 0.6) is 0 Å². The van der Waals surface area contributed by atoms with Gasteiger partial charge in [0, 0.05) is 10.0 Å². The molecule has 4 rings (SSSR count). The topological polar surface area (TPSA) is 53.7 Å². The summed E-state index contributed by atoms with van der Waals surface area (Å²) in [5, 5.41) is 10.7. The first-order valence-electron chi connectivity index (χ1n) is 8.63. The van der Waals surface area contributed by atoms with Crippen molar-refractivity contribution in [1.29, 1.82) is 0 Å². The van der Waals surface area contributed by atoms with Gasteiger partial charge in [0.05, 0.1) is 18.8 Å². The Morgan fingerprint density at radius 3 is 2.56 bits per heavy atom. The number of hydrogen-bond donors (Lipinski definition) is 1. The molecular weight excluding hydrogens is 406 g/mol. The molecule has 0 bridgehead atoms. The lowest BCUT2D eigenvalue weighted by Crippen LogP contribution is -2.29. The van der Waals surface area contributed by atoms with Gasteiger partial charge in [-0.1, -0.05) is 57.9 Å². The Hall–Kier alpha value is -2.79. The first kappa shape index (κ1) is 17.6. The molecule has 27 heavy (non-hydrogen) atoms. The second-order valence-corrected chi connectivity index (χ2v) is 7.51. The second-order valence-electron chi connectivity index (χ2n) is 6.60. The molecule has 4 nitrogen and oxygen atoms in total. The number of halogens is 1. The summed E-state index contributed by atoms with van der Waals surface area (Å²) in [7, 11) is 0. The fourth-order valence-electron chi connectivity index (χ4n) is 3.44. The Morgan fingerprint density at radius 2 is 1.89 bits per heavy atom. The zero-order valence-corrected chi connectivity index (χ0v) is 16.3. The van der Waals surface area contributed by atoms with Crippen LogP contribution in [0.3, 0.4) is 0 Å². The summed E-state index contributed by atoms with van der Waals surface area (Å²) < 4.78 is 6.36. The lowest BCUT2D eigenvalue weighted by Gasteiger charge is -2.27. The fourth-order valence-corrected chi connectivity index (χ4v) is 3.86. The molecule has 0 fully saturated rings. The van der Waals surface area contributed by atoms with Crippen molar-refractivity contribution < 1.29 is 14.3 Å². The van der Waals surface area contributed by atoms with Crippen LogP contribution < -0.4 is 0 Å². The molecule has 0 saturated carbocycles. The molecule has 1 aliphatic heterocycles. The van der Waals surface area contributed by atoms with Crippen LogP contribution in [0.15, 0.2) is 81.6 Å². The maximum atomic E-state index is 12.9. The standard InChI is InChI=1S/C22H18BrNO3/c1-14-7-9-15(10-8-14)19-20(16-4-2-5-17(23)12-16)24(22(26)21(19)25)13-18-6-3-11-27-18/h2-12,20,25H,13H2,1H3. The van der Waals surface area contributed by atoms with E-state index >= 15 is 0 Å². The van der Waals surface area contributed by atoms with E-state index in [-0.39, 0.29) is 12.3 Å². The Bertz CT molecular complexity index is 1010. The van der Waals surface area contributed by atoms with Crippen LogP contribution in [0.4, 0.5) is 0 Å². The van der Waals surface area contributed by atoms with Gasteiger partial charge in [-0.05, 0) is 42.3 Å². The number of carbonyl (C=O) groups excluding carboxylic acids is 1. The lowest BCUT2D eigenvalue weighted by molar-refractivity contribution is -0.130. The molecule has 3 aromatic rings. The van der Waals surface area contributed by atoms with Crippen molar-refractivity contribution in [2.24, 2.45) is 0 Å². The Labute approximate surface area is 165 Å². The number of furan rings is 1. The van der Waals surface area contributed by atoms with Crippen LogP contribution in [-0.2, 0) is 11.3 Å². The van der Waals surface area contributed by atoms with E-state index < -0.39 is 11.9 Å². The molecule has 1 N–H and O–H groups in total. The number of aryl methyl sites for hydroxylation is 1. The van der Waals surface area contributed by atoms with Crippen molar-refractivity contribution in [3.63, 3.8) is 0 Å². The molecule has 0 spiro atoms. The predicted molar refractivity (Wildman–Crippen MR) is 107 cm³/mol. The normalized spacial score (nSPS) is 17.0. The van der Waals surface area contributed by atoms with Gasteiger partial charge in [-0.2, -0.15) is 0 Å². The number of hydrogen-bond acceptors (Lipinski definition) is 3. The summed E-state index contributed by atoms with van der Waals surface area (Å²) in [6.45, 7) is 2.29. The third-order valence-corrected chi connectivity index (χ3v) is 5.23. The highest BCUT2D eigenvalue weighted by atomic mass is 79.9. The Kier molecular flexibility index (Phi) is 4.62. The van der Waals surface area contributed by atoms with E-state index in [1.807, 2.05) is 61.5 Å². The van der Waals surface area contributed by atoms with Crippen LogP contribution in [-0.4, -0.2) is 15.9 Å². The number of nitrogens with zero attached hydrogens (tertiary/aromatic N) is 1. The van der Waals surface area contributed by atoms with Gasteiger partial charge in [-0.25, -0.2) is 0 Å². The molecule has 5 heteroatoms. The third-order valence-electron chi connectivity index (χ3n) is 4.74. The molecule has 1 amide bonds. The number of amides is 1. The van der Waals surface area contributed by atoms with Gasteiger partial charge in [0.15, 0.2) is 5.76 Å². The number of benzene rings is 2. The molecule has 2 aromatic carbocycles. The molecular formula is C22H18BrNO3. The minimum Gasteiger partial charge on any atom is -0.503 e. The zero-order valence-electron chi connectivity index (χ0n) is 14.7. The molecule has 136 valence electrons. The van der Waals surface area contributed by atoms with Crippen molar-refractivity contribution >= 4 is 27.4 Å². The van der Waals surface area contributed by atoms with Crippen molar-refractivity contribution in [3.8, 4) is 0 Å². The number of aliphatic hydroxyl groups is 1. The van der Waals surface area contributed by atoms with E-state index in [1.54, 1.807) is 17.2 Å². The first-order valence-corrected chi connectivity index (χ1v) is 9.43. The SMILES string of the molecule is Cc1ccc(C2=C(O)C(=O)N(Cc3ccco3)C2c2cccc(Br)c2)cc1. The molecule has 1 aliphatic rings. The van der Waals surface area contributed by atoms with E-state index in [0.29, 0.717) is 11.3 Å².